The van der Waals surface area contributed by atoms with Crippen molar-refractivity contribution in [1.29, 1.82) is 0 Å². The van der Waals surface area contributed by atoms with Gasteiger partial charge in [-0.15, -0.1) is 22.9 Å². The Balaban J connectivity index is 1.80. The average Bonchev–Trinajstić information content (AvgIpc) is 2.86. The fraction of sp³-hybridized carbons (Fsp3) is 0.643. The van der Waals surface area contributed by atoms with Crippen LogP contribution in [0, 0.1) is 0 Å². The van der Waals surface area contributed by atoms with Crippen LogP contribution in [0.3, 0.4) is 0 Å². The quantitative estimate of drug-likeness (QED) is 0.627. The number of hydrogen-bond acceptors (Lipinski definition) is 2. The van der Waals surface area contributed by atoms with Crippen molar-refractivity contribution in [2.45, 2.75) is 44.4 Å². The summed E-state index contributed by atoms with van der Waals surface area (Å²) in [5.74, 6) is 1.02. The molecule has 0 aliphatic heterocycles. The van der Waals surface area contributed by atoms with Gasteiger partial charge in [-0.2, -0.15) is 0 Å². The van der Waals surface area contributed by atoms with E-state index in [2.05, 4.69) is 16.8 Å². The van der Waals surface area contributed by atoms with Gasteiger partial charge in [-0.3, -0.25) is 4.79 Å². The van der Waals surface area contributed by atoms with Crippen molar-refractivity contribution in [3.63, 3.8) is 0 Å². The molecule has 1 amide bonds. The molecular formula is C14H20ClNOS. The Kier molecular flexibility index (Phi) is 5.51. The standard InChI is InChI=1S/C14H20ClNOS/c15-8-2-1-3-9-16-14(17)12-5-4-6-13-11(12)7-10-18-13/h7,10,12H,1-6,8-9H2,(H,16,17). The molecule has 1 aromatic rings. The van der Waals surface area contributed by atoms with E-state index in [1.165, 1.54) is 10.4 Å². The Morgan fingerprint density at radius 2 is 2.33 bits per heavy atom. The number of carbonyl (C=O) groups excluding carboxylic acids is 1. The fourth-order valence-corrected chi connectivity index (χ4v) is 3.67. The number of fused-ring (bicyclic) bond motifs is 1. The average molecular weight is 286 g/mol. The molecule has 1 atom stereocenters. The SMILES string of the molecule is O=C(NCCCCCCl)C1CCCc2sccc21. The van der Waals surface area contributed by atoms with Crippen molar-refractivity contribution in [1.82, 2.24) is 5.32 Å². The Morgan fingerprint density at radius 1 is 1.44 bits per heavy atom. The van der Waals surface area contributed by atoms with Crippen LogP contribution < -0.4 is 5.32 Å². The minimum Gasteiger partial charge on any atom is -0.356 e. The molecule has 1 aromatic heterocycles. The lowest BCUT2D eigenvalue weighted by Crippen LogP contribution is -2.31. The molecule has 2 rings (SSSR count). The zero-order valence-electron chi connectivity index (χ0n) is 10.6. The highest BCUT2D eigenvalue weighted by molar-refractivity contribution is 7.10. The molecule has 4 heteroatoms. The third-order valence-corrected chi connectivity index (χ3v) is 4.74. The van der Waals surface area contributed by atoms with Crippen LogP contribution >= 0.6 is 22.9 Å². The van der Waals surface area contributed by atoms with Gasteiger partial charge >= 0.3 is 0 Å². The summed E-state index contributed by atoms with van der Waals surface area (Å²) >= 11 is 7.41. The highest BCUT2D eigenvalue weighted by atomic mass is 35.5. The monoisotopic (exact) mass is 285 g/mol. The topological polar surface area (TPSA) is 29.1 Å². The lowest BCUT2D eigenvalue weighted by molar-refractivity contribution is -0.122. The number of unbranched alkanes of at least 4 members (excludes halogenated alkanes) is 2. The van der Waals surface area contributed by atoms with E-state index in [1.807, 2.05) is 0 Å². The van der Waals surface area contributed by atoms with E-state index in [1.54, 1.807) is 11.3 Å². The van der Waals surface area contributed by atoms with E-state index in [0.717, 1.165) is 50.9 Å². The van der Waals surface area contributed by atoms with Gasteiger partial charge in [0.05, 0.1) is 5.92 Å². The molecule has 0 radical (unpaired) electrons. The summed E-state index contributed by atoms with van der Waals surface area (Å²) in [6.45, 7) is 0.783. The summed E-state index contributed by atoms with van der Waals surface area (Å²) in [7, 11) is 0. The van der Waals surface area contributed by atoms with Crippen LogP contribution in [0.15, 0.2) is 11.4 Å². The van der Waals surface area contributed by atoms with Crippen LogP contribution in [0.5, 0.6) is 0 Å². The number of thiophene rings is 1. The maximum atomic E-state index is 12.2. The molecule has 100 valence electrons. The van der Waals surface area contributed by atoms with Gasteiger partial charge in [0.2, 0.25) is 5.91 Å². The maximum absolute atomic E-state index is 12.2. The molecule has 0 spiro atoms. The molecule has 1 aliphatic rings. The largest absolute Gasteiger partial charge is 0.356 e. The summed E-state index contributed by atoms with van der Waals surface area (Å²) in [6.07, 6.45) is 6.44. The summed E-state index contributed by atoms with van der Waals surface area (Å²) in [5.41, 5.74) is 1.27. The smallest absolute Gasteiger partial charge is 0.227 e. The van der Waals surface area contributed by atoms with Crippen LogP contribution in [0.2, 0.25) is 0 Å². The lowest BCUT2D eigenvalue weighted by Gasteiger charge is -2.21. The number of amides is 1. The summed E-state index contributed by atoms with van der Waals surface area (Å²) < 4.78 is 0. The van der Waals surface area contributed by atoms with E-state index < -0.39 is 0 Å². The van der Waals surface area contributed by atoms with Crippen molar-refractivity contribution in [3.8, 4) is 0 Å². The molecule has 0 aromatic carbocycles. The predicted octanol–water partition coefficient (Wildman–Crippen LogP) is 3.69. The van der Waals surface area contributed by atoms with Gasteiger partial charge in [0.25, 0.3) is 0 Å². The van der Waals surface area contributed by atoms with Gasteiger partial charge in [-0.25, -0.2) is 0 Å². The number of carbonyl (C=O) groups is 1. The van der Waals surface area contributed by atoms with Gasteiger partial charge in [0.15, 0.2) is 0 Å². The lowest BCUT2D eigenvalue weighted by atomic mass is 9.87. The molecule has 1 heterocycles. The number of hydrogen-bond donors (Lipinski definition) is 1. The van der Waals surface area contributed by atoms with E-state index >= 15 is 0 Å². The highest BCUT2D eigenvalue weighted by Crippen LogP contribution is 2.34. The van der Waals surface area contributed by atoms with Crippen molar-refractivity contribution < 1.29 is 4.79 Å². The first-order chi connectivity index (χ1) is 8.83. The van der Waals surface area contributed by atoms with Gasteiger partial charge in [0.1, 0.15) is 0 Å². The first kappa shape index (κ1) is 13.9. The third-order valence-electron chi connectivity index (χ3n) is 3.48. The molecule has 1 N–H and O–H groups in total. The van der Waals surface area contributed by atoms with Gasteiger partial charge in [-0.05, 0) is 49.1 Å². The summed E-state index contributed by atoms with van der Waals surface area (Å²) in [4.78, 5) is 13.6. The van der Waals surface area contributed by atoms with Crippen LogP contribution in [0.4, 0.5) is 0 Å². The number of halogens is 1. The molecule has 1 aliphatic carbocycles. The normalized spacial score (nSPS) is 18.4. The second-order valence-electron chi connectivity index (χ2n) is 4.78. The first-order valence-electron chi connectivity index (χ1n) is 6.73. The Bertz CT molecular complexity index is 391. The van der Waals surface area contributed by atoms with Crippen molar-refractivity contribution in [2.75, 3.05) is 12.4 Å². The fourth-order valence-electron chi connectivity index (χ4n) is 2.49. The number of nitrogens with one attached hydrogen (secondary N) is 1. The molecule has 1 unspecified atom stereocenters. The molecule has 0 saturated heterocycles. The summed E-state index contributed by atoms with van der Waals surface area (Å²) in [5, 5.41) is 5.17. The maximum Gasteiger partial charge on any atom is 0.227 e. The van der Waals surface area contributed by atoms with Crippen molar-refractivity contribution in [3.05, 3.63) is 21.9 Å². The van der Waals surface area contributed by atoms with Crippen LogP contribution in [0.1, 0.15) is 48.5 Å². The van der Waals surface area contributed by atoms with Crippen molar-refractivity contribution in [2.24, 2.45) is 0 Å². The Hall–Kier alpha value is -0.540. The first-order valence-corrected chi connectivity index (χ1v) is 8.14. The number of aryl methyl sites for hydroxylation is 1. The summed E-state index contributed by atoms with van der Waals surface area (Å²) in [6, 6.07) is 2.12. The van der Waals surface area contributed by atoms with E-state index in [0.29, 0.717) is 0 Å². The zero-order chi connectivity index (χ0) is 12.8. The molecule has 0 bridgehead atoms. The van der Waals surface area contributed by atoms with Gasteiger partial charge in [0, 0.05) is 17.3 Å². The minimum absolute atomic E-state index is 0.0908. The van der Waals surface area contributed by atoms with Crippen LogP contribution in [-0.4, -0.2) is 18.3 Å². The van der Waals surface area contributed by atoms with E-state index in [4.69, 9.17) is 11.6 Å². The van der Waals surface area contributed by atoms with E-state index in [9.17, 15) is 4.79 Å². The highest BCUT2D eigenvalue weighted by Gasteiger charge is 2.26. The zero-order valence-corrected chi connectivity index (χ0v) is 12.2. The minimum atomic E-state index is 0.0908. The Morgan fingerprint density at radius 3 is 3.17 bits per heavy atom. The molecule has 2 nitrogen and oxygen atoms in total. The second-order valence-corrected chi connectivity index (χ2v) is 6.16. The number of alkyl halides is 1. The molecular weight excluding hydrogens is 266 g/mol. The van der Waals surface area contributed by atoms with Gasteiger partial charge in [-0.1, -0.05) is 6.42 Å². The predicted molar refractivity (Wildman–Crippen MR) is 77.6 cm³/mol. The van der Waals surface area contributed by atoms with Crippen molar-refractivity contribution >= 4 is 28.8 Å². The van der Waals surface area contributed by atoms with Gasteiger partial charge < -0.3 is 5.32 Å². The Labute approximate surface area is 118 Å². The van der Waals surface area contributed by atoms with Crippen LogP contribution in [0.25, 0.3) is 0 Å². The third kappa shape index (κ3) is 3.48. The van der Waals surface area contributed by atoms with Crippen LogP contribution in [-0.2, 0) is 11.2 Å². The molecule has 18 heavy (non-hydrogen) atoms. The van der Waals surface area contributed by atoms with E-state index in [-0.39, 0.29) is 11.8 Å². The molecule has 0 fully saturated rings. The molecule has 0 saturated carbocycles. The number of rotatable bonds is 6. The second kappa shape index (κ2) is 7.15.